The van der Waals surface area contributed by atoms with Crippen LogP contribution in [0.3, 0.4) is 0 Å². The maximum Gasteiger partial charge on any atom is 0.310 e. The van der Waals surface area contributed by atoms with Crippen molar-refractivity contribution >= 4 is 23.5 Å². The molecule has 0 saturated carbocycles. The van der Waals surface area contributed by atoms with Gasteiger partial charge in [0.25, 0.3) is 5.91 Å². The molecule has 0 aliphatic rings. The van der Waals surface area contributed by atoms with Gasteiger partial charge in [-0.1, -0.05) is 24.3 Å². The molecule has 2 aromatic carbocycles. The fourth-order valence-electron chi connectivity index (χ4n) is 2.54. The average Bonchev–Trinajstić information content (AvgIpc) is 2.70. The average molecular weight is 398 g/mol. The van der Waals surface area contributed by atoms with Crippen molar-refractivity contribution in [2.75, 3.05) is 25.1 Å². The molecule has 0 saturated heterocycles. The first-order chi connectivity index (χ1) is 13.9. The van der Waals surface area contributed by atoms with E-state index in [2.05, 4.69) is 10.6 Å². The van der Waals surface area contributed by atoms with Gasteiger partial charge in [0.05, 0.1) is 19.6 Å². The minimum absolute atomic E-state index is 0.0484. The fraction of sp³-hybridized carbons (Fsp3) is 0.318. The van der Waals surface area contributed by atoms with Crippen LogP contribution in [0.2, 0.25) is 0 Å². The predicted octanol–water partition coefficient (Wildman–Crippen LogP) is 2.54. The Morgan fingerprint density at radius 3 is 2.38 bits per heavy atom. The number of carbonyl (C=O) groups is 3. The van der Waals surface area contributed by atoms with Gasteiger partial charge in [-0.3, -0.25) is 14.4 Å². The molecule has 0 fully saturated rings. The number of hydrogen-bond donors (Lipinski definition) is 2. The van der Waals surface area contributed by atoms with Crippen molar-refractivity contribution in [1.82, 2.24) is 5.32 Å². The Balaban J connectivity index is 1.70. The zero-order chi connectivity index (χ0) is 21.2. The Bertz CT molecular complexity index is 862. The van der Waals surface area contributed by atoms with Crippen LogP contribution in [0.1, 0.15) is 23.6 Å². The highest BCUT2D eigenvalue weighted by Gasteiger charge is 2.11. The number of benzene rings is 2. The predicted molar refractivity (Wildman–Crippen MR) is 110 cm³/mol. The van der Waals surface area contributed by atoms with E-state index in [0.717, 1.165) is 22.4 Å². The van der Waals surface area contributed by atoms with Crippen molar-refractivity contribution in [3.63, 3.8) is 0 Å². The lowest BCUT2D eigenvalue weighted by Gasteiger charge is -2.11. The minimum atomic E-state index is -0.541. The summed E-state index contributed by atoms with van der Waals surface area (Å²) in [6.45, 7) is 5.68. The van der Waals surface area contributed by atoms with Crippen molar-refractivity contribution in [2.24, 2.45) is 0 Å². The summed E-state index contributed by atoms with van der Waals surface area (Å²) < 4.78 is 10.3. The third-order valence-electron chi connectivity index (χ3n) is 4.27. The molecule has 0 unspecified atom stereocenters. The molecule has 0 aliphatic heterocycles. The number of esters is 1. The SMILES string of the molecule is CCOc1ccc(CC(=O)OCC(=O)NCC(=O)Nc2cccc(C)c2C)cc1. The molecule has 29 heavy (non-hydrogen) atoms. The number of rotatable bonds is 9. The van der Waals surface area contributed by atoms with E-state index >= 15 is 0 Å². The highest BCUT2D eigenvalue weighted by molar-refractivity contribution is 5.95. The van der Waals surface area contributed by atoms with Crippen LogP contribution in [0.5, 0.6) is 5.75 Å². The van der Waals surface area contributed by atoms with Gasteiger partial charge >= 0.3 is 5.97 Å². The topological polar surface area (TPSA) is 93.7 Å². The van der Waals surface area contributed by atoms with E-state index in [-0.39, 0.29) is 18.9 Å². The van der Waals surface area contributed by atoms with E-state index in [0.29, 0.717) is 12.3 Å². The van der Waals surface area contributed by atoms with Crippen molar-refractivity contribution in [3.05, 3.63) is 59.2 Å². The van der Waals surface area contributed by atoms with E-state index in [1.54, 1.807) is 30.3 Å². The lowest BCUT2D eigenvalue weighted by Crippen LogP contribution is -2.35. The normalized spacial score (nSPS) is 10.2. The van der Waals surface area contributed by atoms with Crippen LogP contribution in [0.4, 0.5) is 5.69 Å². The summed E-state index contributed by atoms with van der Waals surface area (Å²) in [5, 5.41) is 5.18. The maximum atomic E-state index is 12.0. The number of anilines is 1. The van der Waals surface area contributed by atoms with Gasteiger partial charge < -0.3 is 20.1 Å². The lowest BCUT2D eigenvalue weighted by molar-refractivity contribution is -0.147. The van der Waals surface area contributed by atoms with Gasteiger partial charge in [-0.25, -0.2) is 0 Å². The molecular formula is C22H26N2O5. The second-order valence-corrected chi connectivity index (χ2v) is 6.49. The molecular weight excluding hydrogens is 372 g/mol. The summed E-state index contributed by atoms with van der Waals surface area (Å²) in [6, 6.07) is 12.7. The summed E-state index contributed by atoms with van der Waals surface area (Å²) in [7, 11) is 0. The van der Waals surface area contributed by atoms with Crippen molar-refractivity contribution < 1.29 is 23.9 Å². The number of ether oxygens (including phenoxy) is 2. The summed E-state index contributed by atoms with van der Waals surface area (Å²) in [4.78, 5) is 35.7. The van der Waals surface area contributed by atoms with Gasteiger partial charge in [0, 0.05) is 5.69 Å². The van der Waals surface area contributed by atoms with Gasteiger partial charge in [-0.15, -0.1) is 0 Å². The molecule has 0 atom stereocenters. The van der Waals surface area contributed by atoms with Gasteiger partial charge in [0.1, 0.15) is 5.75 Å². The number of nitrogens with one attached hydrogen (secondary N) is 2. The number of carbonyl (C=O) groups excluding carboxylic acids is 3. The van der Waals surface area contributed by atoms with Gasteiger partial charge in [0.15, 0.2) is 6.61 Å². The third kappa shape index (κ3) is 7.29. The van der Waals surface area contributed by atoms with E-state index in [1.807, 2.05) is 32.9 Å². The molecule has 2 rings (SSSR count). The molecule has 0 aromatic heterocycles. The minimum Gasteiger partial charge on any atom is -0.494 e. The largest absolute Gasteiger partial charge is 0.494 e. The molecule has 0 spiro atoms. The Kier molecular flexibility index (Phi) is 8.21. The smallest absolute Gasteiger partial charge is 0.310 e. The Hall–Kier alpha value is -3.35. The van der Waals surface area contributed by atoms with Crippen LogP contribution >= 0.6 is 0 Å². The molecule has 0 radical (unpaired) electrons. The van der Waals surface area contributed by atoms with Crippen molar-refractivity contribution in [2.45, 2.75) is 27.2 Å². The molecule has 2 amide bonds. The second-order valence-electron chi connectivity index (χ2n) is 6.49. The van der Waals surface area contributed by atoms with Gasteiger partial charge in [-0.05, 0) is 55.7 Å². The van der Waals surface area contributed by atoms with Gasteiger partial charge in [-0.2, -0.15) is 0 Å². The van der Waals surface area contributed by atoms with Crippen LogP contribution in [-0.4, -0.2) is 37.5 Å². The quantitative estimate of drug-likeness (QED) is 0.633. The molecule has 7 nitrogen and oxygen atoms in total. The summed E-state index contributed by atoms with van der Waals surface area (Å²) in [5.74, 6) is -0.693. The fourth-order valence-corrected chi connectivity index (χ4v) is 2.54. The highest BCUT2D eigenvalue weighted by atomic mass is 16.5. The van der Waals surface area contributed by atoms with E-state index in [1.165, 1.54) is 0 Å². The molecule has 2 N–H and O–H groups in total. The molecule has 154 valence electrons. The molecule has 2 aromatic rings. The van der Waals surface area contributed by atoms with Crippen molar-refractivity contribution in [3.8, 4) is 5.75 Å². The first-order valence-electron chi connectivity index (χ1n) is 9.39. The standard InChI is InChI=1S/C22H26N2O5/c1-4-28-18-10-8-17(9-11-18)12-22(27)29-14-21(26)23-13-20(25)24-19-7-5-6-15(2)16(19)3/h5-11H,4,12-14H2,1-3H3,(H,23,26)(H,24,25). The van der Waals surface area contributed by atoms with E-state index < -0.39 is 18.5 Å². The maximum absolute atomic E-state index is 12.0. The Morgan fingerprint density at radius 2 is 1.69 bits per heavy atom. The zero-order valence-electron chi connectivity index (χ0n) is 16.9. The van der Waals surface area contributed by atoms with Gasteiger partial charge in [0.2, 0.25) is 5.91 Å². The monoisotopic (exact) mass is 398 g/mol. The molecule has 0 aliphatic carbocycles. The summed E-state index contributed by atoms with van der Waals surface area (Å²) in [5.41, 5.74) is 3.49. The Morgan fingerprint density at radius 1 is 0.966 bits per heavy atom. The molecule has 7 heteroatoms. The third-order valence-corrected chi connectivity index (χ3v) is 4.27. The van der Waals surface area contributed by atoms with Crippen LogP contribution in [-0.2, 0) is 25.5 Å². The number of hydrogen-bond acceptors (Lipinski definition) is 5. The van der Waals surface area contributed by atoms with Crippen LogP contribution < -0.4 is 15.4 Å². The molecule has 0 bridgehead atoms. The van der Waals surface area contributed by atoms with Crippen molar-refractivity contribution in [1.29, 1.82) is 0 Å². The van der Waals surface area contributed by atoms with Crippen LogP contribution in [0, 0.1) is 13.8 Å². The van der Waals surface area contributed by atoms with E-state index in [4.69, 9.17) is 9.47 Å². The molecule has 0 heterocycles. The van der Waals surface area contributed by atoms with Crippen LogP contribution in [0.25, 0.3) is 0 Å². The van der Waals surface area contributed by atoms with Crippen LogP contribution in [0.15, 0.2) is 42.5 Å². The number of aryl methyl sites for hydroxylation is 1. The van der Waals surface area contributed by atoms with E-state index in [9.17, 15) is 14.4 Å². The zero-order valence-corrected chi connectivity index (χ0v) is 16.9. The first kappa shape index (κ1) is 21.9. The highest BCUT2D eigenvalue weighted by Crippen LogP contribution is 2.17. The lowest BCUT2D eigenvalue weighted by atomic mass is 10.1. The summed E-state index contributed by atoms with van der Waals surface area (Å²) >= 11 is 0. The Labute approximate surface area is 170 Å². The summed E-state index contributed by atoms with van der Waals surface area (Å²) in [6.07, 6.45) is 0.0484. The number of amides is 2. The first-order valence-corrected chi connectivity index (χ1v) is 9.39. The second kappa shape index (κ2) is 10.8.